The Hall–Kier alpha value is -2.21. The van der Waals surface area contributed by atoms with Crippen LogP contribution in [-0.4, -0.2) is 46.7 Å². The van der Waals surface area contributed by atoms with E-state index in [4.69, 9.17) is 0 Å². The minimum atomic E-state index is -1.03. The number of hydrogen-bond donors (Lipinski definition) is 1. The molecule has 6 nitrogen and oxygen atoms in total. The SMILES string of the molecule is CCCCN1C(=O)[C@H]2[C@H]3CCCN3[C@@]3(C(=O)Nc4c3ccc(C)c4C)[C@@H]2C1=O. The maximum absolute atomic E-state index is 13.5. The normalized spacial score (nSPS) is 33.6. The number of aryl methyl sites for hydroxylation is 1. The quantitative estimate of drug-likeness (QED) is 0.816. The molecule has 28 heavy (non-hydrogen) atoms. The summed E-state index contributed by atoms with van der Waals surface area (Å²) in [5.41, 5.74) is 2.85. The summed E-state index contributed by atoms with van der Waals surface area (Å²) in [4.78, 5) is 43.9. The van der Waals surface area contributed by atoms with E-state index < -0.39 is 17.4 Å². The first-order valence-electron chi connectivity index (χ1n) is 10.5. The lowest BCUT2D eigenvalue weighted by Gasteiger charge is -2.36. The molecule has 0 radical (unpaired) electrons. The monoisotopic (exact) mass is 381 g/mol. The molecular weight excluding hydrogens is 354 g/mol. The smallest absolute Gasteiger partial charge is 0.250 e. The summed E-state index contributed by atoms with van der Waals surface area (Å²) < 4.78 is 0. The summed E-state index contributed by atoms with van der Waals surface area (Å²) in [5, 5.41) is 3.10. The highest BCUT2D eigenvalue weighted by molar-refractivity contribution is 6.15. The predicted molar refractivity (Wildman–Crippen MR) is 105 cm³/mol. The Morgan fingerprint density at radius 3 is 2.71 bits per heavy atom. The Balaban J connectivity index is 1.70. The number of nitrogens with zero attached hydrogens (tertiary/aromatic N) is 2. The molecule has 1 spiro atoms. The Labute approximate surface area is 165 Å². The second-order valence-corrected chi connectivity index (χ2v) is 8.74. The molecule has 6 heteroatoms. The van der Waals surface area contributed by atoms with Crippen LogP contribution in [0.25, 0.3) is 0 Å². The number of imide groups is 1. The van der Waals surface area contributed by atoms with Crippen molar-refractivity contribution in [2.45, 2.75) is 58.0 Å². The minimum Gasteiger partial charge on any atom is -0.324 e. The molecule has 4 aliphatic rings. The van der Waals surface area contributed by atoms with E-state index in [1.54, 1.807) is 0 Å². The van der Waals surface area contributed by atoms with E-state index in [-0.39, 0.29) is 23.8 Å². The van der Waals surface area contributed by atoms with Gasteiger partial charge in [-0.25, -0.2) is 0 Å². The van der Waals surface area contributed by atoms with Gasteiger partial charge in [-0.15, -0.1) is 0 Å². The van der Waals surface area contributed by atoms with Gasteiger partial charge in [0.1, 0.15) is 5.54 Å². The van der Waals surface area contributed by atoms with E-state index in [0.717, 1.165) is 54.6 Å². The van der Waals surface area contributed by atoms with Crippen LogP contribution >= 0.6 is 0 Å². The number of rotatable bonds is 3. The Morgan fingerprint density at radius 2 is 1.96 bits per heavy atom. The molecule has 0 aromatic heterocycles. The van der Waals surface area contributed by atoms with E-state index >= 15 is 0 Å². The Morgan fingerprint density at radius 1 is 1.18 bits per heavy atom. The first-order chi connectivity index (χ1) is 13.4. The molecule has 1 aromatic rings. The van der Waals surface area contributed by atoms with Gasteiger partial charge in [-0.05, 0) is 50.8 Å². The Bertz CT molecular complexity index is 911. The lowest BCUT2D eigenvalue weighted by molar-refractivity contribution is -0.145. The van der Waals surface area contributed by atoms with Crippen molar-refractivity contribution in [2.24, 2.45) is 11.8 Å². The molecule has 0 bridgehead atoms. The Kier molecular flexibility index (Phi) is 3.76. The number of carbonyl (C=O) groups excluding carboxylic acids is 3. The molecule has 3 amide bonds. The number of unbranched alkanes of at least 4 members (excludes halogenated alkanes) is 1. The van der Waals surface area contributed by atoms with Gasteiger partial charge < -0.3 is 5.32 Å². The molecule has 148 valence electrons. The number of amides is 3. The highest BCUT2D eigenvalue weighted by atomic mass is 16.2. The zero-order valence-electron chi connectivity index (χ0n) is 16.7. The van der Waals surface area contributed by atoms with Crippen LogP contribution in [0.15, 0.2) is 12.1 Å². The van der Waals surface area contributed by atoms with Gasteiger partial charge in [0.25, 0.3) is 0 Å². The zero-order chi connectivity index (χ0) is 19.8. The maximum atomic E-state index is 13.5. The molecule has 1 aromatic carbocycles. The maximum Gasteiger partial charge on any atom is 0.250 e. The van der Waals surface area contributed by atoms with Gasteiger partial charge in [0.15, 0.2) is 0 Å². The molecule has 3 saturated heterocycles. The third kappa shape index (κ3) is 1.89. The summed E-state index contributed by atoms with van der Waals surface area (Å²) >= 11 is 0. The minimum absolute atomic E-state index is 0.0219. The molecule has 0 unspecified atom stereocenters. The number of fused-ring (bicyclic) bond motifs is 7. The number of nitrogens with one attached hydrogen (secondary N) is 1. The lowest BCUT2D eigenvalue weighted by Crippen LogP contribution is -2.54. The number of carbonyl (C=O) groups is 3. The fourth-order valence-electron chi connectivity index (χ4n) is 6.12. The second kappa shape index (κ2) is 5.89. The van der Waals surface area contributed by atoms with E-state index in [0.29, 0.717) is 6.54 Å². The third-order valence-electron chi connectivity index (χ3n) is 7.53. The summed E-state index contributed by atoms with van der Waals surface area (Å²) in [6.07, 6.45) is 3.56. The molecule has 4 heterocycles. The van der Waals surface area contributed by atoms with Gasteiger partial charge in [0.2, 0.25) is 17.7 Å². The van der Waals surface area contributed by atoms with Gasteiger partial charge in [-0.3, -0.25) is 24.2 Å². The summed E-state index contributed by atoms with van der Waals surface area (Å²) in [7, 11) is 0. The highest BCUT2D eigenvalue weighted by Crippen LogP contribution is 2.60. The van der Waals surface area contributed by atoms with Crippen molar-refractivity contribution in [3.05, 3.63) is 28.8 Å². The van der Waals surface area contributed by atoms with Crippen LogP contribution in [0, 0.1) is 25.7 Å². The largest absolute Gasteiger partial charge is 0.324 e. The van der Waals surface area contributed by atoms with Crippen molar-refractivity contribution < 1.29 is 14.4 Å². The molecule has 4 atom stereocenters. The summed E-state index contributed by atoms with van der Waals surface area (Å²) in [6, 6.07) is 4.01. The summed E-state index contributed by atoms with van der Waals surface area (Å²) in [5.74, 6) is -1.36. The average Bonchev–Trinajstić information content (AvgIpc) is 3.37. The van der Waals surface area contributed by atoms with Crippen molar-refractivity contribution in [3.8, 4) is 0 Å². The van der Waals surface area contributed by atoms with Crippen molar-refractivity contribution >= 4 is 23.4 Å². The molecule has 5 rings (SSSR count). The fraction of sp³-hybridized carbons (Fsp3) is 0.591. The van der Waals surface area contributed by atoms with Crippen molar-refractivity contribution in [1.29, 1.82) is 0 Å². The third-order valence-corrected chi connectivity index (χ3v) is 7.53. The average molecular weight is 381 g/mol. The van der Waals surface area contributed by atoms with E-state index in [1.807, 2.05) is 26.0 Å². The van der Waals surface area contributed by atoms with Gasteiger partial charge >= 0.3 is 0 Å². The van der Waals surface area contributed by atoms with Crippen LogP contribution in [0.5, 0.6) is 0 Å². The number of benzene rings is 1. The topological polar surface area (TPSA) is 69.7 Å². The molecular formula is C22H27N3O3. The number of hydrogen-bond acceptors (Lipinski definition) is 4. The van der Waals surface area contributed by atoms with Crippen molar-refractivity contribution in [1.82, 2.24) is 9.80 Å². The molecule has 0 saturated carbocycles. The van der Waals surface area contributed by atoms with E-state index in [9.17, 15) is 14.4 Å². The fourth-order valence-corrected chi connectivity index (χ4v) is 6.12. The lowest BCUT2D eigenvalue weighted by atomic mass is 9.75. The zero-order valence-corrected chi connectivity index (χ0v) is 16.7. The highest BCUT2D eigenvalue weighted by Gasteiger charge is 2.74. The molecule has 1 N–H and O–H groups in total. The number of anilines is 1. The van der Waals surface area contributed by atoms with Gasteiger partial charge in [-0.1, -0.05) is 25.5 Å². The standard InChI is InChI=1S/C22H27N3O3/c1-4-5-10-24-19(26)16-15-7-6-11-25(15)22(17(16)20(24)27)14-9-8-12(2)13(3)18(14)23-21(22)28/h8-9,15-17H,4-7,10-11H2,1-3H3,(H,23,28)/t15-,16+,17+,22-/m1/s1. The van der Waals surface area contributed by atoms with Crippen LogP contribution in [0.3, 0.4) is 0 Å². The summed E-state index contributed by atoms with van der Waals surface area (Å²) in [6.45, 7) is 7.31. The first-order valence-corrected chi connectivity index (χ1v) is 10.5. The first kappa shape index (κ1) is 17.9. The molecule has 4 aliphatic heterocycles. The van der Waals surface area contributed by atoms with Gasteiger partial charge in [0, 0.05) is 23.8 Å². The second-order valence-electron chi connectivity index (χ2n) is 8.74. The van der Waals surface area contributed by atoms with E-state index in [1.165, 1.54) is 4.90 Å². The number of likely N-dealkylation sites (tertiary alicyclic amines) is 1. The van der Waals surface area contributed by atoms with Gasteiger partial charge in [0.05, 0.1) is 11.8 Å². The van der Waals surface area contributed by atoms with Crippen molar-refractivity contribution in [2.75, 3.05) is 18.4 Å². The molecule has 3 fully saturated rings. The van der Waals surface area contributed by atoms with Crippen LogP contribution in [0.1, 0.15) is 49.3 Å². The van der Waals surface area contributed by atoms with Crippen LogP contribution < -0.4 is 5.32 Å². The van der Waals surface area contributed by atoms with Crippen molar-refractivity contribution in [3.63, 3.8) is 0 Å². The van der Waals surface area contributed by atoms with Gasteiger partial charge in [-0.2, -0.15) is 0 Å². The molecule has 0 aliphatic carbocycles. The van der Waals surface area contributed by atoms with Crippen LogP contribution in [-0.2, 0) is 19.9 Å². The van der Waals surface area contributed by atoms with E-state index in [2.05, 4.69) is 17.1 Å². The van der Waals surface area contributed by atoms with Crippen LogP contribution in [0.4, 0.5) is 5.69 Å². The predicted octanol–water partition coefficient (Wildman–Crippen LogP) is 2.33. The van der Waals surface area contributed by atoms with Crippen LogP contribution in [0.2, 0.25) is 0 Å².